The van der Waals surface area contributed by atoms with Crippen LogP contribution in [0.2, 0.25) is 0 Å². The van der Waals surface area contributed by atoms with Crippen molar-refractivity contribution >= 4 is 11.6 Å². The molecule has 1 heterocycles. The van der Waals surface area contributed by atoms with Crippen LogP contribution in [0.1, 0.15) is 35.0 Å². The number of anilines is 1. The van der Waals surface area contributed by atoms with Gasteiger partial charge in [-0.3, -0.25) is 4.79 Å². The molecule has 2 aromatic rings. The van der Waals surface area contributed by atoms with Gasteiger partial charge < -0.3 is 15.6 Å². The third-order valence-electron chi connectivity index (χ3n) is 4.00. The lowest BCUT2D eigenvalue weighted by Gasteiger charge is -2.13. The summed E-state index contributed by atoms with van der Waals surface area (Å²) in [6, 6.07) is 10.3. The quantitative estimate of drug-likeness (QED) is 0.905. The van der Waals surface area contributed by atoms with Gasteiger partial charge in [-0.15, -0.1) is 0 Å². The highest BCUT2D eigenvalue weighted by Gasteiger charge is 2.24. The number of hydrogen-bond acceptors (Lipinski definition) is 2. The molecular weight excluding hydrogens is 262 g/mol. The minimum Gasteiger partial charge on any atom is -0.397 e. The molecule has 1 aromatic carbocycles. The van der Waals surface area contributed by atoms with Crippen LogP contribution in [-0.2, 0) is 19.4 Å². The molecule has 0 bridgehead atoms. The maximum atomic E-state index is 12.5. The third kappa shape index (κ3) is 2.79. The van der Waals surface area contributed by atoms with Gasteiger partial charge in [0, 0.05) is 18.8 Å². The smallest absolute Gasteiger partial charge is 0.268 e. The minimum atomic E-state index is -0.0297. The van der Waals surface area contributed by atoms with E-state index in [9.17, 15) is 4.79 Å². The van der Waals surface area contributed by atoms with E-state index in [0.29, 0.717) is 11.4 Å². The Labute approximate surface area is 125 Å². The zero-order valence-corrected chi connectivity index (χ0v) is 12.3. The van der Waals surface area contributed by atoms with Gasteiger partial charge in [0.25, 0.3) is 5.91 Å². The van der Waals surface area contributed by atoms with Crippen LogP contribution in [0.25, 0.3) is 0 Å². The summed E-state index contributed by atoms with van der Waals surface area (Å²) >= 11 is 0. The molecule has 0 spiro atoms. The van der Waals surface area contributed by atoms with E-state index in [-0.39, 0.29) is 11.9 Å². The number of rotatable bonds is 4. The number of carbonyl (C=O) groups excluding carboxylic acids is 1. The summed E-state index contributed by atoms with van der Waals surface area (Å²) in [5.74, 6) is -0.0297. The van der Waals surface area contributed by atoms with Crippen molar-refractivity contribution in [3.8, 4) is 0 Å². The Hall–Kier alpha value is -2.23. The van der Waals surface area contributed by atoms with E-state index >= 15 is 0 Å². The lowest BCUT2D eigenvalue weighted by atomic mass is 10.1. The zero-order chi connectivity index (χ0) is 14.8. The molecule has 0 saturated carbocycles. The molecule has 110 valence electrons. The average Bonchev–Trinajstić information content (AvgIpc) is 3.02. The molecule has 3 rings (SSSR count). The number of benzene rings is 1. The van der Waals surface area contributed by atoms with Gasteiger partial charge in [0.05, 0.1) is 5.69 Å². The van der Waals surface area contributed by atoms with E-state index in [4.69, 9.17) is 5.73 Å². The van der Waals surface area contributed by atoms with Crippen LogP contribution in [0.15, 0.2) is 36.5 Å². The number of aryl methyl sites for hydroxylation is 1. The highest BCUT2D eigenvalue weighted by atomic mass is 16.2. The Morgan fingerprint density at radius 3 is 2.62 bits per heavy atom. The Balaban J connectivity index is 1.71. The zero-order valence-electron chi connectivity index (χ0n) is 12.3. The van der Waals surface area contributed by atoms with Gasteiger partial charge in [-0.05, 0) is 36.5 Å². The second kappa shape index (κ2) is 5.64. The molecule has 0 fully saturated rings. The lowest BCUT2D eigenvalue weighted by molar-refractivity contribution is 0.0929. The van der Waals surface area contributed by atoms with Crippen molar-refractivity contribution in [2.75, 3.05) is 5.73 Å². The summed E-state index contributed by atoms with van der Waals surface area (Å²) < 4.78 is 1.94. The first kappa shape index (κ1) is 13.7. The van der Waals surface area contributed by atoms with E-state index in [2.05, 4.69) is 36.5 Å². The standard InChI is InChI=1S/C17H21N3O/c1-2-7-20-11-14(18)10-16(20)17(21)19-15-8-12-5-3-4-6-13(12)9-15/h3-6,10-11,15H,2,7-9,18H2,1H3,(H,19,21). The largest absolute Gasteiger partial charge is 0.397 e. The summed E-state index contributed by atoms with van der Waals surface area (Å²) in [5.41, 5.74) is 9.80. The minimum absolute atomic E-state index is 0.0297. The number of nitrogens with zero attached hydrogens (tertiary/aromatic N) is 1. The Bertz CT molecular complexity index is 635. The molecule has 21 heavy (non-hydrogen) atoms. The van der Waals surface area contributed by atoms with Crippen molar-refractivity contribution in [3.63, 3.8) is 0 Å². The van der Waals surface area contributed by atoms with E-state index < -0.39 is 0 Å². The molecule has 1 aliphatic carbocycles. The second-order valence-electron chi connectivity index (χ2n) is 5.70. The molecule has 1 aromatic heterocycles. The maximum absolute atomic E-state index is 12.5. The monoisotopic (exact) mass is 283 g/mol. The maximum Gasteiger partial charge on any atom is 0.268 e. The van der Waals surface area contributed by atoms with Gasteiger partial charge in [0.2, 0.25) is 0 Å². The van der Waals surface area contributed by atoms with Crippen molar-refractivity contribution in [3.05, 3.63) is 53.3 Å². The van der Waals surface area contributed by atoms with Crippen molar-refractivity contribution in [2.45, 2.75) is 38.8 Å². The van der Waals surface area contributed by atoms with E-state index in [1.54, 1.807) is 6.07 Å². The number of aromatic nitrogens is 1. The third-order valence-corrected chi connectivity index (χ3v) is 4.00. The molecule has 3 N–H and O–H groups in total. The molecule has 4 heteroatoms. The number of fused-ring (bicyclic) bond motifs is 1. The van der Waals surface area contributed by atoms with Crippen LogP contribution in [-0.4, -0.2) is 16.5 Å². The first-order valence-electron chi connectivity index (χ1n) is 7.50. The highest BCUT2D eigenvalue weighted by Crippen LogP contribution is 2.22. The Morgan fingerprint density at radius 2 is 2.00 bits per heavy atom. The molecule has 0 atom stereocenters. The Morgan fingerprint density at radius 1 is 1.33 bits per heavy atom. The molecule has 1 amide bonds. The SMILES string of the molecule is CCCn1cc(N)cc1C(=O)NC1Cc2ccccc2C1. The van der Waals surface area contributed by atoms with Crippen LogP contribution in [0.4, 0.5) is 5.69 Å². The molecular formula is C17H21N3O. The molecule has 1 aliphatic rings. The van der Waals surface area contributed by atoms with Gasteiger partial charge in [-0.2, -0.15) is 0 Å². The van der Waals surface area contributed by atoms with Crippen molar-refractivity contribution in [1.29, 1.82) is 0 Å². The van der Waals surface area contributed by atoms with E-state index in [1.807, 2.05) is 10.8 Å². The lowest BCUT2D eigenvalue weighted by Crippen LogP contribution is -2.36. The van der Waals surface area contributed by atoms with Crippen molar-refractivity contribution in [2.24, 2.45) is 0 Å². The topological polar surface area (TPSA) is 60.0 Å². The number of nitrogen functional groups attached to an aromatic ring is 1. The number of hydrogen-bond donors (Lipinski definition) is 2. The number of carbonyl (C=O) groups is 1. The van der Waals surface area contributed by atoms with Gasteiger partial charge in [0.15, 0.2) is 0 Å². The summed E-state index contributed by atoms with van der Waals surface area (Å²) in [7, 11) is 0. The van der Waals surface area contributed by atoms with Crippen LogP contribution in [0, 0.1) is 0 Å². The average molecular weight is 283 g/mol. The molecule has 0 saturated heterocycles. The van der Waals surface area contributed by atoms with Crippen molar-refractivity contribution in [1.82, 2.24) is 9.88 Å². The fourth-order valence-electron chi connectivity index (χ4n) is 3.07. The fourth-order valence-corrected chi connectivity index (χ4v) is 3.07. The van der Waals surface area contributed by atoms with Crippen LogP contribution < -0.4 is 11.1 Å². The summed E-state index contributed by atoms with van der Waals surface area (Å²) in [6.07, 6.45) is 4.63. The molecule has 0 unspecified atom stereocenters. The summed E-state index contributed by atoms with van der Waals surface area (Å²) in [4.78, 5) is 12.5. The number of amides is 1. The van der Waals surface area contributed by atoms with Crippen LogP contribution in [0.5, 0.6) is 0 Å². The first-order valence-corrected chi connectivity index (χ1v) is 7.50. The van der Waals surface area contributed by atoms with Gasteiger partial charge >= 0.3 is 0 Å². The number of nitrogens with two attached hydrogens (primary N) is 1. The van der Waals surface area contributed by atoms with Gasteiger partial charge in [-0.25, -0.2) is 0 Å². The van der Waals surface area contributed by atoms with Crippen LogP contribution in [0.3, 0.4) is 0 Å². The van der Waals surface area contributed by atoms with Crippen LogP contribution >= 0.6 is 0 Å². The first-order chi connectivity index (χ1) is 10.2. The predicted molar refractivity (Wildman–Crippen MR) is 84.2 cm³/mol. The van der Waals surface area contributed by atoms with E-state index in [0.717, 1.165) is 25.8 Å². The predicted octanol–water partition coefficient (Wildman–Crippen LogP) is 2.38. The van der Waals surface area contributed by atoms with Gasteiger partial charge in [0.1, 0.15) is 5.69 Å². The summed E-state index contributed by atoms with van der Waals surface area (Å²) in [6.45, 7) is 2.90. The molecule has 0 radical (unpaired) electrons. The normalized spacial score (nSPS) is 14.1. The Kier molecular flexibility index (Phi) is 3.69. The van der Waals surface area contributed by atoms with Gasteiger partial charge in [-0.1, -0.05) is 31.2 Å². The highest BCUT2D eigenvalue weighted by molar-refractivity contribution is 5.94. The molecule has 0 aliphatic heterocycles. The fraction of sp³-hybridized carbons (Fsp3) is 0.353. The summed E-state index contributed by atoms with van der Waals surface area (Å²) in [5, 5.41) is 3.14. The van der Waals surface area contributed by atoms with Crippen molar-refractivity contribution < 1.29 is 4.79 Å². The molecule has 4 nitrogen and oxygen atoms in total. The van der Waals surface area contributed by atoms with E-state index in [1.165, 1.54) is 11.1 Å². The second-order valence-corrected chi connectivity index (χ2v) is 5.70. The number of nitrogens with one attached hydrogen (secondary N) is 1.